The first-order valence-corrected chi connectivity index (χ1v) is 4.62. The average molecular weight is 195 g/mol. The van der Waals surface area contributed by atoms with E-state index in [2.05, 4.69) is 10.4 Å². The molecule has 4 nitrogen and oxygen atoms in total. The van der Waals surface area contributed by atoms with Gasteiger partial charge in [0.2, 0.25) is 0 Å². The van der Waals surface area contributed by atoms with Crippen LogP contribution in [0, 0.1) is 6.92 Å². The van der Waals surface area contributed by atoms with E-state index < -0.39 is 5.54 Å². The highest BCUT2D eigenvalue weighted by molar-refractivity contribution is 6.03. The molecule has 1 N–H and O–H groups in total. The number of likely N-dealkylation sites (N-methyl/N-ethyl adjacent to an activating group) is 1. The van der Waals surface area contributed by atoms with Crippen LogP contribution in [0.15, 0.2) is 6.20 Å². The van der Waals surface area contributed by atoms with Crippen molar-refractivity contribution in [3.8, 4) is 0 Å². The Labute approximate surface area is 84.3 Å². The Morgan fingerprint density at radius 2 is 2.14 bits per heavy atom. The molecule has 1 rings (SSSR count). The molecule has 1 aromatic rings. The van der Waals surface area contributed by atoms with Gasteiger partial charge >= 0.3 is 0 Å². The van der Waals surface area contributed by atoms with Crippen LogP contribution >= 0.6 is 0 Å². The predicted octanol–water partition coefficient (Wildman–Crippen LogP) is 0.909. The molecule has 4 heteroatoms. The minimum Gasteiger partial charge on any atom is -0.308 e. The van der Waals surface area contributed by atoms with Crippen LogP contribution in [0.4, 0.5) is 0 Å². The molecule has 0 fully saturated rings. The molecular formula is C10H17N3O. The zero-order valence-electron chi connectivity index (χ0n) is 9.38. The lowest BCUT2D eigenvalue weighted by atomic mass is 9.94. The van der Waals surface area contributed by atoms with Gasteiger partial charge in [0.1, 0.15) is 0 Å². The van der Waals surface area contributed by atoms with Crippen molar-refractivity contribution < 1.29 is 4.79 Å². The lowest BCUT2D eigenvalue weighted by molar-refractivity contribution is 0.0889. The van der Waals surface area contributed by atoms with E-state index in [9.17, 15) is 4.79 Å². The van der Waals surface area contributed by atoms with E-state index in [0.29, 0.717) is 5.56 Å². The molecule has 0 radical (unpaired) electrons. The standard InChI is InChI=1S/C10H17N3O/c1-7-8(6-13(5)12-7)9(14)10(2,3)11-4/h6,11H,1-5H3. The summed E-state index contributed by atoms with van der Waals surface area (Å²) >= 11 is 0. The summed E-state index contributed by atoms with van der Waals surface area (Å²) in [6.07, 6.45) is 1.76. The van der Waals surface area contributed by atoms with Gasteiger partial charge in [0, 0.05) is 13.2 Å². The van der Waals surface area contributed by atoms with Crippen LogP contribution in [0.5, 0.6) is 0 Å². The van der Waals surface area contributed by atoms with Gasteiger partial charge in [-0.25, -0.2) is 0 Å². The third-order valence-electron chi connectivity index (χ3n) is 2.45. The number of Topliss-reactive ketones (excluding diaryl/α,β-unsaturated/α-hetero) is 1. The number of hydrogen-bond acceptors (Lipinski definition) is 3. The largest absolute Gasteiger partial charge is 0.308 e. The van der Waals surface area contributed by atoms with Crippen LogP contribution in [-0.2, 0) is 7.05 Å². The van der Waals surface area contributed by atoms with Gasteiger partial charge in [-0.3, -0.25) is 9.48 Å². The van der Waals surface area contributed by atoms with Crippen molar-refractivity contribution in [2.75, 3.05) is 7.05 Å². The van der Waals surface area contributed by atoms with Crippen molar-refractivity contribution in [2.45, 2.75) is 26.3 Å². The van der Waals surface area contributed by atoms with Crippen molar-refractivity contribution in [3.05, 3.63) is 17.5 Å². The number of aryl methyl sites for hydroxylation is 2. The highest BCUT2D eigenvalue weighted by Crippen LogP contribution is 2.14. The van der Waals surface area contributed by atoms with Crippen molar-refractivity contribution in [1.29, 1.82) is 0 Å². The molecule has 0 atom stereocenters. The fraction of sp³-hybridized carbons (Fsp3) is 0.600. The monoisotopic (exact) mass is 195 g/mol. The lowest BCUT2D eigenvalue weighted by Gasteiger charge is -2.21. The van der Waals surface area contributed by atoms with Crippen LogP contribution in [-0.4, -0.2) is 28.2 Å². The molecule has 0 aliphatic heterocycles. The van der Waals surface area contributed by atoms with Gasteiger partial charge in [0.25, 0.3) is 0 Å². The molecule has 0 aromatic carbocycles. The van der Waals surface area contributed by atoms with Crippen LogP contribution < -0.4 is 5.32 Å². The molecule has 14 heavy (non-hydrogen) atoms. The predicted molar refractivity (Wildman–Crippen MR) is 55.4 cm³/mol. The first-order chi connectivity index (χ1) is 6.38. The molecule has 1 heterocycles. The molecule has 0 spiro atoms. The maximum atomic E-state index is 12.0. The Balaban J connectivity index is 3.06. The van der Waals surface area contributed by atoms with Crippen LogP contribution in [0.2, 0.25) is 0 Å². The van der Waals surface area contributed by atoms with Gasteiger partial charge in [-0.2, -0.15) is 5.10 Å². The van der Waals surface area contributed by atoms with E-state index in [1.165, 1.54) is 0 Å². The Morgan fingerprint density at radius 1 is 1.57 bits per heavy atom. The fourth-order valence-electron chi connectivity index (χ4n) is 1.27. The van der Waals surface area contributed by atoms with Gasteiger partial charge in [0.05, 0.1) is 16.8 Å². The van der Waals surface area contributed by atoms with E-state index in [1.807, 2.05) is 27.8 Å². The molecule has 0 bridgehead atoms. The van der Waals surface area contributed by atoms with E-state index in [4.69, 9.17) is 0 Å². The topological polar surface area (TPSA) is 46.9 Å². The third kappa shape index (κ3) is 1.85. The Morgan fingerprint density at radius 3 is 2.50 bits per heavy atom. The Kier molecular flexibility index (Phi) is 2.76. The van der Waals surface area contributed by atoms with E-state index in [0.717, 1.165) is 5.69 Å². The molecule has 0 aliphatic rings. The molecule has 0 unspecified atom stereocenters. The highest BCUT2D eigenvalue weighted by Gasteiger charge is 2.28. The number of ketones is 1. The maximum Gasteiger partial charge on any atom is 0.185 e. The zero-order chi connectivity index (χ0) is 10.9. The number of aromatic nitrogens is 2. The first kappa shape index (κ1) is 10.9. The van der Waals surface area contributed by atoms with E-state index >= 15 is 0 Å². The normalized spacial score (nSPS) is 11.8. The molecule has 0 saturated carbocycles. The summed E-state index contributed by atoms with van der Waals surface area (Å²) in [6, 6.07) is 0. The quantitative estimate of drug-likeness (QED) is 0.729. The second-order valence-corrected chi connectivity index (χ2v) is 4.01. The Bertz CT molecular complexity index is 352. The third-order valence-corrected chi connectivity index (χ3v) is 2.45. The summed E-state index contributed by atoms with van der Waals surface area (Å²) in [5, 5.41) is 7.14. The van der Waals surface area contributed by atoms with Crippen LogP contribution in [0.3, 0.4) is 0 Å². The van der Waals surface area contributed by atoms with Gasteiger partial charge in [-0.15, -0.1) is 0 Å². The van der Waals surface area contributed by atoms with Gasteiger partial charge in [-0.05, 0) is 27.8 Å². The second kappa shape index (κ2) is 3.53. The van der Waals surface area contributed by atoms with Crippen molar-refractivity contribution >= 4 is 5.78 Å². The molecule has 0 amide bonds. The number of rotatable bonds is 3. The molecule has 0 aliphatic carbocycles. The number of nitrogens with one attached hydrogen (secondary N) is 1. The van der Waals surface area contributed by atoms with Crippen LogP contribution in [0.25, 0.3) is 0 Å². The fourth-order valence-corrected chi connectivity index (χ4v) is 1.27. The van der Waals surface area contributed by atoms with E-state index in [-0.39, 0.29) is 5.78 Å². The van der Waals surface area contributed by atoms with Crippen molar-refractivity contribution in [1.82, 2.24) is 15.1 Å². The maximum absolute atomic E-state index is 12.0. The first-order valence-electron chi connectivity index (χ1n) is 4.62. The van der Waals surface area contributed by atoms with Crippen molar-refractivity contribution in [3.63, 3.8) is 0 Å². The van der Waals surface area contributed by atoms with Gasteiger partial charge < -0.3 is 5.32 Å². The second-order valence-electron chi connectivity index (χ2n) is 4.01. The number of carbonyl (C=O) groups excluding carboxylic acids is 1. The molecular weight excluding hydrogens is 178 g/mol. The van der Waals surface area contributed by atoms with E-state index in [1.54, 1.807) is 17.9 Å². The summed E-state index contributed by atoms with van der Waals surface area (Å²) in [5.41, 5.74) is 0.932. The summed E-state index contributed by atoms with van der Waals surface area (Å²) in [5.74, 6) is 0.0746. The molecule has 1 aromatic heterocycles. The van der Waals surface area contributed by atoms with Gasteiger partial charge in [0.15, 0.2) is 5.78 Å². The number of hydrogen-bond donors (Lipinski definition) is 1. The summed E-state index contributed by atoms with van der Waals surface area (Å²) < 4.78 is 1.66. The number of nitrogens with zero attached hydrogens (tertiary/aromatic N) is 2. The smallest absolute Gasteiger partial charge is 0.185 e. The molecule has 0 saturated heterocycles. The summed E-state index contributed by atoms with van der Waals surface area (Å²) in [4.78, 5) is 12.0. The van der Waals surface area contributed by atoms with Gasteiger partial charge in [-0.1, -0.05) is 0 Å². The molecule has 78 valence electrons. The lowest BCUT2D eigenvalue weighted by Crippen LogP contribution is -2.44. The summed E-state index contributed by atoms with van der Waals surface area (Å²) in [7, 11) is 3.60. The Hall–Kier alpha value is -1.16. The number of carbonyl (C=O) groups is 1. The average Bonchev–Trinajstić information content (AvgIpc) is 2.44. The minimum atomic E-state index is -0.534. The minimum absolute atomic E-state index is 0.0746. The highest BCUT2D eigenvalue weighted by atomic mass is 16.1. The summed E-state index contributed by atoms with van der Waals surface area (Å²) in [6.45, 7) is 5.57. The zero-order valence-corrected chi connectivity index (χ0v) is 9.38. The van der Waals surface area contributed by atoms with Crippen LogP contribution in [0.1, 0.15) is 29.9 Å². The van der Waals surface area contributed by atoms with Crippen molar-refractivity contribution in [2.24, 2.45) is 7.05 Å². The SMILES string of the molecule is CNC(C)(C)C(=O)c1cn(C)nc1C.